The first kappa shape index (κ1) is 20.6. The van der Waals surface area contributed by atoms with Crippen LogP contribution in [0, 0.1) is 0 Å². The number of hydrogen-bond acceptors (Lipinski definition) is 1. The highest BCUT2D eigenvalue weighted by molar-refractivity contribution is 6.15. The van der Waals surface area contributed by atoms with Gasteiger partial charge < -0.3 is 5.32 Å². The monoisotopic (exact) mass is 415 g/mol. The van der Waals surface area contributed by atoms with Crippen molar-refractivity contribution in [2.75, 3.05) is 5.32 Å². The molecule has 2 heteroatoms. The summed E-state index contributed by atoms with van der Waals surface area (Å²) in [5.41, 5.74) is 11.6. The fourth-order valence-electron chi connectivity index (χ4n) is 4.87. The van der Waals surface area contributed by atoms with Crippen LogP contribution in [0.4, 0.5) is 11.4 Å². The zero-order valence-corrected chi connectivity index (χ0v) is 19.7. The quantitative estimate of drug-likeness (QED) is 0.346. The minimum absolute atomic E-state index is 0.0502. The summed E-state index contributed by atoms with van der Waals surface area (Å²) in [5.74, 6) is 0. The lowest BCUT2D eigenvalue weighted by Gasteiger charge is -2.21. The van der Waals surface area contributed by atoms with Crippen molar-refractivity contribution >= 4 is 19.2 Å². The number of nitrogens with one attached hydrogen (secondary N) is 1. The van der Waals surface area contributed by atoms with Gasteiger partial charge in [-0.3, -0.25) is 0 Å². The predicted octanol–water partition coefficient (Wildman–Crippen LogP) is 7.27. The summed E-state index contributed by atoms with van der Waals surface area (Å²) in [5, 5.41) is 3.78. The van der Waals surface area contributed by atoms with Crippen LogP contribution in [0.2, 0.25) is 0 Å². The second-order valence-electron chi connectivity index (χ2n) is 10.5. The molecule has 0 bridgehead atoms. The van der Waals surface area contributed by atoms with Crippen LogP contribution in [0.3, 0.4) is 0 Å². The van der Waals surface area contributed by atoms with Crippen LogP contribution >= 0.6 is 0 Å². The summed E-state index contributed by atoms with van der Waals surface area (Å²) < 4.78 is 0. The Morgan fingerprint density at radius 3 is 1.88 bits per heavy atom. The molecule has 1 aliphatic carbocycles. The summed E-state index contributed by atoms with van der Waals surface area (Å²) in [6.07, 6.45) is 0. The molecule has 0 amide bonds. The van der Waals surface area contributed by atoms with E-state index in [-0.39, 0.29) is 10.7 Å². The average Bonchev–Trinajstić information content (AvgIpc) is 3.01. The fourth-order valence-corrected chi connectivity index (χ4v) is 4.87. The van der Waals surface area contributed by atoms with Crippen molar-refractivity contribution in [1.29, 1.82) is 0 Å². The third-order valence-corrected chi connectivity index (χ3v) is 6.84. The largest absolute Gasteiger partial charge is 0.356 e. The van der Waals surface area contributed by atoms with Gasteiger partial charge in [0.15, 0.2) is 0 Å². The Morgan fingerprint density at radius 2 is 1.22 bits per heavy atom. The van der Waals surface area contributed by atoms with Crippen LogP contribution in [-0.4, -0.2) is 7.85 Å². The van der Waals surface area contributed by atoms with Gasteiger partial charge in [-0.15, -0.1) is 0 Å². The van der Waals surface area contributed by atoms with Crippen LogP contribution in [0.1, 0.15) is 44.4 Å². The summed E-state index contributed by atoms with van der Waals surface area (Å²) in [7, 11) is 2.25. The minimum Gasteiger partial charge on any atom is -0.356 e. The van der Waals surface area contributed by atoms with Gasteiger partial charge in [0.2, 0.25) is 0 Å². The Morgan fingerprint density at radius 1 is 0.656 bits per heavy atom. The van der Waals surface area contributed by atoms with E-state index in [1.165, 1.54) is 38.9 Å². The second-order valence-corrected chi connectivity index (χ2v) is 10.5. The summed E-state index contributed by atoms with van der Waals surface area (Å²) in [6, 6.07) is 33.2. The first-order valence-corrected chi connectivity index (χ1v) is 11.5. The SMILES string of the molecule is BC(C)(C)c1ccc(-c2ccc(Nc3ccc4c(c3)-c3ccccc3C4(C)C)cc2)cc1. The second kappa shape index (κ2) is 7.41. The number of anilines is 2. The smallest absolute Gasteiger partial charge is 0.114 e. The van der Waals surface area contributed by atoms with Crippen LogP contribution in [0.15, 0.2) is 91.0 Å². The highest BCUT2D eigenvalue weighted by Crippen LogP contribution is 2.49. The van der Waals surface area contributed by atoms with Gasteiger partial charge in [0.05, 0.1) is 0 Å². The van der Waals surface area contributed by atoms with Crippen LogP contribution in [-0.2, 0) is 10.7 Å². The molecular formula is C30H30BN. The molecule has 0 unspecified atom stereocenters. The van der Waals surface area contributed by atoms with Gasteiger partial charge in [-0.25, -0.2) is 0 Å². The predicted molar refractivity (Wildman–Crippen MR) is 141 cm³/mol. The zero-order valence-electron chi connectivity index (χ0n) is 19.7. The van der Waals surface area contributed by atoms with Crippen molar-refractivity contribution in [3.63, 3.8) is 0 Å². The maximum absolute atomic E-state index is 3.60. The molecule has 0 atom stereocenters. The van der Waals surface area contributed by atoms with E-state index < -0.39 is 0 Å². The van der Waals surface area contributed by atoms with Gasteiger partial charge in [-0.1, -0.05) is 100.0 Å². The Balaban J connectivity index is 1.39. The minimum atomic E-state index is 0.0502. The van der Waals surface area contributed by atoms with E-state index in [0.29, 0.717) is 0 Å². The highest BCUT2D eigenvalue weighted by Gasteiger charge is 2.34. The van der Waals surface area contributed by atoms with Crippen molar-refractivity contribution < 1.29 is 0 Å². The average molecular weight is 415 g/mol. The van der Waals surface area contributed by atoms with Gasteiger partial charge >= 0.3 is 0 Å². The van der Waals surface area contributed by atoms with E-state index in [9.17, 15) is 0 Å². The van der Waals surface area contributed by atoms with Crippen molar-refractivity contribution in [3.8, 4) is 22.3 Å². The summed E-state index contributed by atoms with van der Waals surface area (Å²) >= 11 is 0. The topological polar surface area (TPSA) is 12.0 Å². The Hall–Kier alpha value is -3.26. The molecule has 4 aromatic rings. The number of fused-ring (bicyclic) bond motifs is 3. The Bertz CT molecular complexity index is 1280. The van der Waals surface area contributed by atoms with Crippen LogP contribution in [0.25, 0.3) is 22.3 Å². The van der Waals surface area contributed by atoms with E-state index in [1.54, 1.807) is 0 Å². The van der Waals surface area contributed by atoms with Crippen molar-refractivity contribution in [3.05, 3.63) is 108 Å². The lowest BCUT2D eigenvalue weighted by atomic mass is 9.67. The van der Waals surface area contributed by atoms with Gasteiger partial charge in [-0.2, -0.15) is 0 Å². The number of hydrogen-bond donors (Lipinski definition) is 1. The lowest BCUT2D eigenvalue weighted by molar-refractivity contribution is 0.660. The van der Waals surface area contributed by atoms with E-state index in [2.05, 4.69) is 132 Å². The molecule has 0 fully saturated rings. The summed E-state index contributed by atoms with van der Waals surface area (Å²) in [4.78, 5) is 0. The Labute approximate surface area is 192 Å². The molecule has 0 radical (unpaired) electrons. The summed E-state index contributed by atoms with van der Waals surface area (Å²) in [6.45, 7) is 9.14. The van der Waals surface area contributed by atoms with E-state index in [0.717, 1.165) is 11.4 Å². The van der Waals surface area contributed by atoms with Gasteiger partial charge in [0, 0.05) is 16.8 Å². The molecule has 1 nitrogen and oxygen atoms in total. The molecule has 0 saturated carbocycles. The fraction of sp³-hybridized carbons (Fsp3) is 0.200. The highest BCUT2D eigenvalue weighted by atomic mass is 14.9. The molecule has 0 spiro atoms. The lowest BCUT2D eigenvalue weighted by Crippen LogP contribution is -2.16. The normalized spacial score (nSPS) is 14.0. The molecule has 32 heavy (non-hydrogen) atoms. The molecule has 0 aromatic heterocycles. The van der Waals surface area contributed by atoms with Crippen LogP contribution < -0.4 is 5.32 Å². The van der Waals surface area contributed by atoms with Crippen molar-refractivity contribution in [2.24, 2.45) is 0 Å². The maximum atomic E-state index is 3.60. The molecule has 0 saturated heterocycles. The van der Waals surface area contributed by atoms with Crippen molar-refractivity contribution in [1.82, 2.24) is 0 Å². The third-order valence-electron chi connectivity index (χ3n) is 6.84. The first-order chi connectivity index (χ1) is 15.2. The zero-order chi connectivity index (χ0) is 22.5. The van der Waals surface area contributed by atoms with Gasteiger partial charge in [0.1, 0.15) is 7.85 Å². The molecule has 5 rings (SSSR count). The van der Waals surface area contributed by atoms with E-state index in [4.69, 9.17) is 0 Å². The van der Waals surface area contributed by atoms with E-state index in [1.807, 2.05) is 0 Å². The molecule has 1 aliphatic rings. The first-order valence-electron chi connectivity index (χ1n) is 11.5. The van der Waals surface area contributed by atoms with Crippen molar-refractivity contribution in [2.45, 2.75) is 38.4 Å². The van der Waals surface area contributed by atoms with E-state index >= 15 is 0 Å². The molecule has 4 aromatic carbocycles. The van der Waals surface area contributed by atoms with Gasteiger partial charge in [-0.05, 0) is 63.0 Å². The Kier molecular flexibility index (Phi) is 4.78. The molecule has 0 aliphatic heterocycles. The maximum Gasteiger partial charge on any atom is 0.114 e. The molecule has 158 valence electrons. The van der Waals surface area contributed by atoms with Gasteiger partial charge in [0.25, 0.3) is 0 Å². The molecule has 1 N–H and O–H groups in total. The molecule has 0 heterocycles. The number of benzene rings is 4. The van der Waals surface area contributed by atoms with Crippen LogP contribution in [0.5, 0.6) is 0 Å². The standard InChI is InChI=1S/C30H30BN/c1-29(2)27-8-6-5-7-25(27)26-19-24(17-18-28(26)29)32-23-15-11-21(12-16-23)20-9-13-22(14-10-20)30(3,4)31/h5-19,32H,31H2,1-4H3. The third kappa shape index (κ3) is 3.54. The molecular weight excluding hydrogens is 385 g/mol. The number of rotatable bonds is 4.